The van der Waals surface area contributed by atoms with E-state index in [1.54, 1.807) is 0 Å². The van der Waals surface area contributed by atoms with Gasteiger partial charge < -0.3 is 5.11 Å². The van der Waals surface area contributed by atoms with Crippen LogP contribution in [0.15, 0.2) is 22.7 Å². The molecule has 0 aliphatic heterocycles. The Morgan fingerprint density at radius 1 is 1.42 bits per heavy atom. The average molecular weight is 227 g/mol. The molecule has 0 radical (unpaired) electrons. The van der Waals surface area contributed by atoms with Crippen LogP contribution >= 0.6 is 15.9 Å². The monoisotopic (exact) mass is 226 g/mol. The second kappa shape index (κ2) is 3.09. The van der Waals surface area contributed by atoms with Crippen molar-refractivity contribution in [3.05, 3.63) is 28.2 Å². The molecule has 0 saturated heterocycles. The maximum absolute atomic E-state index is 9.63. The summed E-state index contributed by atoms with van der Waals surface area (Å²) in [6, 6.07) is 5.84. The molecule has 1 aromatic rings. The number of benzene rings is 1. The van der Waals surface area contributed by atoms with E-state index in [4.69, 9.17) is 0 Å². The second-order valence-electron chi connectivity index (χ2n) is 3.40. The van der Waals surface area contributed by atoms with Gasteiger partial charge in [-0.05, 0) is 52.7 Å². The molecule has 0 aromatic heterocycles. The molecule has 0 unspecified atom stereocenters. The predicted molar refractivity (Wildman–Crippen MR) is 52.2 cm³/mol. The molecule has 0 heterocycles. The molecule has 1 aromatic carbocycles. The molecule has 12 heavy (non-hydrogen) atoms. The summed E-state index contributed by atoms with van der Waals surface area (Å²) in [5.74, 6) is 1.24. The summed E-state index contributed by atoms with van der Waals surface area (Å²) in [6.07, 6.45) is 3.68. The van der Waals surface area contributed by atoms with E-state index in [1.165, 1.54) is 12.8 Å². The highest BCUT2D eigenvalue weighted by Gasteiger charge is 2.22. The molecule has 1 N–H and O–H groups in total. The Kier molecular flexibility index (Phi) is 2.09. The molecular weight excluding hydrogens is 216 g/mol. The SMILES string of the molecule is Oc1c(Br)cccc1CC1CC1. The molecule has 1 aliphatic carbocycles. The zero-order valence-electron chi connectivity index (χ0n) is 6.76. The minimum atomic E-state index is 0.421. The standard InChI is InChI=1S/C10H11BrO/c11-9-3-1-2-8(10(9)12)6-7-4-5-7/h1-3,7,12H,4-6H2. The molecule has 64 valence electrons. The van der Waals surface area contributed by atoms with Gasteiger partial charge in [0, 0.05) is 0 Å². The zero-order valence-corrected chi connectivity index (χ0v) is 8.34. The van der Waals surface area contributed by atoms with Crippen LogP contribution in [0.4, 0.5) is 0 Å². The van der Waals surface area contributed by atoms with Gasteiger partial charge in [0.25, 0.3) is 0 Å². The van der Waals surface area contributed by atoms with Crippen molar-refractivity contribution in [2.45, 2.75) is 19.3 Å². The maximum Gasteiger partial charge on any atom is 0.132 e. The number of hydrogen-bond acceptors (Lipinski definition) is 1. The number of para-hydroxylation sites is 1. The quantitative estimate of drug-likeness (QED) is 0.822. The van der Waals surface area contributed by atoms with E-state index in [2.05, 4.69) is 15.9 Å². The van der Waals surface area contributed by atoms with Gasteiger partial charge in [0.05, 0.1) is 4.47 Å². The van der Waals surface area contributed by atoms with E-state index in [0.717, 1.165) is 22.4 Å². The largest absolute Gasteiger partial charge is 0.506 e. The lowest BCUT2D eigenvalue weighted by atomic mass is 10.1. The highest BCUT2D eigenvalue weighted by Crippen LogP contribution is 2.37. The summed E-state index contributed by atoms with van der Waals surface area (Å²) < 4.78 is 0.806. The summed E-state index contributed by atoms with van der Waals surface area (Å²) in [7, 11) is 0. The Balaban J connectivity index is 2.23. The zero-order chi connectivity index (χ0) is 8.55. The van der Waals surface area contributed by atoms with Crippen LogP contribution in [-0.4, -0.2) is 5.11 Å². The minimum Gasteiger partial charge on any atom is -0.506 e. The molecule has 0 atom stereocenters. The summed E-state index contributed by atoms with van der Waals surface area (Å²) in [6.45, 7) is 0. The van der Waals surface area contributed by atoms with Gasteiger partial charge in [-0.15, -0.1) is 0 Å². The van der Waals surface area contributed by atoms with Gasteiger partial charge >= 0.3 is 0 Å². The van der Waals surface area contributed by atoms with Gasteiger partial charge in [0.15, 0.2) is 0 Å². The molecule has 1 aliphatic rings. The highest BCUT2D eigenvalue weighted by molar-refractivity contribution is 9.10. The summed E-state index contributed by atoms with van der Waals surface area (Å²) in [5.41, 5.74) is 1.08. The van der Waals surface area contributed by atoms with E-state index in [9.17, 15) is 5.11 Å². The van der Waals surface area contributed by atoms with Gasteiger partial charge in [-0.25, -0.2) is 0 Å². The molecule has 1 fully saturated rings. The second-order valence-corrected chi connectivity index (χ2v) is 4.25. The third-order valence-corrected chi connectivity index (χ3v) is 2.92. The molecule has 0 spiro atoms. The average Bonchev–Trinajstić information content (AvgIpc) is 2.83. The van der Waals surface area contributed by atoms with Gasteiger partial charge in [0.2, 0.25) is 0 Å². The van der Waals surface area contributed by atoms with Gasteiger partial charge in [0.1, 0.15) is 5.75 Å². The van der Waals surface area contributed by atoms with Crippen LogP contribution in [0.3, 0.4) is 0 Å². The topological polar surface area (TPSA) is 20.2 Å². The van der Waals surface area contributed by atoms with Gasteiger partial charge in [-0.2, -0.15) is 0 Å². The first-order valence-electron chi connectivity index (χ1n) is 4.23. The molecule has 2 rings (SSSR count). The van der Waals surface area contributed by atoms with Crippen molar-refractivity contribution in [3.8, 4) is 5.75 Å². The van der Waals surface area contributed by atoms with E-state index in [-0.39, 0.29) is 0 Å². The Morgan fingerprint density at radius 2 is 2.17 bits per heavy atom. The summed E-state index contributed by atoms with van der Waals surface area (Å²) in [4.78, 5) is 0. The Hall–Kier alpha value is -0.500. The third kappa shape index (κ3) is 1.63. The molecule has 2 heteroatoms. The van der Waals surface area contributed by atoms with Gasteiger partial charge in [-0.3, -0.25) is 0 Å². The first kappa shape index (κ1) is 8.11. The molecule has 0 bridgehead atoms. The lowest BCUT2D eigenvalue weighted by Crippen LogP contribution is -1.87. The van der Waals surface area contributed by atoms with Crippen LogP contribution in [0, 0.1) is 5.92 Å². The molecule has 0 amide bonds. The fourth-order valence-electron chi connectivity index (χ4n) is 1.36. The summed E-state index contributed by atoms with van der Waals surface area (Å²) in [5, 5.41) is 9.63. The number of halogens is 1. The van der Waals surface area contributed by atoms with Crippen molar-refractivity contribution < 1.29 is 5.11 Å². The fraction of sp³-hybridized carbons (Fsp3) is 0.400. The normalized spacial score (nSPS) is 16.4. The first-order valence-corrected chi connectivity index (χ1v) is 5.03. The lowest BCUT2D eigenvalue weighted by Gasteiger charge is -2.04. The van der Waals surface area contributed by atoms with E-state index >= 15 is 0 Å². The van der Waals surface area contributed by atoms with Crippen molar-refractivity contribution in [1.82, 2.24) is 0 Å². The van der Waals surface area contributed by atoms with Crippen LogP contribution in [-0.2, 0) is 6.42 Å². The van der Waals surface area contributed by atoms with E-state index in [0.29, 0.717) is 5.75 Å². The van der Waals surface area contributed by atoms with Crippen molar-refractivity contribution in [2.24, 2.45) is 5.92 Å². The van der Waals surface area contributed by atoms with Crippen molar-refractivity contribution >= 4 is 15.9 Å². The Bertz CT molecular complexity index is 292. The summed E-state index contributed by atoms with van der Waals surface area (Å²) >= 11 is 3.31. The predicted octanol–water partition coefficient (Wildman–Crippen LogP) is 3.11. The van der Waals surface area contributed by atoms with Gasteiger partial charge in [-0.1, -0.05) is 12.1 Å². The van der Waals surface area contributed by atoms with Crippen LogP contribution < -0.4 is 0 Å². The van der Waals surface area contributed by atoms with Crippen molar-refractivity contribution in [3.63, 3.8) is 0 Å². The smallest absolute Gasteiger partial charge is 0.132 e. The highest BCUT2D eigenvalue weighted by atomic mass is 79.9. The van der Waals surface area contributed by atoms with Crippen molar-refractivity contribution in [2.75, 3.05) is 0 Å². The Morgan fingerprint density at radius 3 is 2.83 bits per heavy atom. The van der Waals surface area contributed by atoms with Crippen LogP contribution in [0.1, 0.15) is 18.4 Å². The number of phenolic OH excluding ortho intramolecular Hbond substituents is 1. The Labute approximate surface area is 80.5 Å². The molecular formula is C10H11BrO. The molecule has 1 nitrogen and oxygen atoms in total. The van der Waals surface area contributed by atoms with E-state index in [1.807, 2.05) is 18.2 Å². The fourth-order valence-corrected chi connectivity index (χ4v) is 1.76. The third-order valence-electron chi connectivity index (χ3n) is 2.28. The van der Waals surface area contributed by atoms with Crippen molar-refractivity contribution in [1.29, 1.82) is 0 Å². The minimum absolute atomic E-state index is 0.421. The number of hydrogen-bond donors (Lipinski definition) is 1. The van der Waals surface area contributed by atoms with Crippen LogP contribution in [0.25, 0.3) is 0 Å². The van der Waals surface area contributed by atoms with Crippen LogP contribution in [0.2, 0.25) is 0 Å². The number of rotatable bonds is 2. The lowest BCUT2D eigenvalue weighted by molar-refractivity contribution is 0.463. The number of aromatic hydroxyl groups is 1. The number of phenols is 1. The first-order chi connectivity index (χ1) is 5.77. The van der Waals surface area contributed by atoms with E-state index < -0.39 is 0 Å². The van der Waals surface area contributed by atoms with Crippen LogP contribution in [0.5, 0.6) is 5.75 Å². The molecule has 1 saturated carbocycles. The maximum atomic E-state index is 9.63.